The van der Waals surface area contributed by atoms with E-state index in [1.165, 1.54) is 31.4 Å². The van der Waals surface area contributed by atoms with E-state index in [0.717, 1.165) is 16.7 Å². The molecular formula is C17H19N5O. The molecule has 0 bridgehead atoms. The molecule has 0 spiro atoms. The van der Waals surface area contributed by atoms with Crippen molar-refractivity contribution < 1.29 is 4.74 Å². The van der Waals surface area contributed by atoms with E-state index in [-0.39, 0.29) is 0 Å². The minimum atomic E-state index is 0.491. The van der Waals surface area contributed by atoms with Gasteiger partial charge >= 0.3 is 0 Å². The summed E-state index contributed by atoms with van der Waals surface area (Å²) in [7, 11) is 1.62. The van der Waals surface area contributed by atoms with Crippen LogP contribution in [0.15, 0.2) is 30.3 Å². The number of hydrogen-bond donors (Lipinski definition) is 2. The van der Waals surface area contributed by atoms with E-state index in [4.69, 9.17) is 4.74 Å². The third-order valence-corrected chi connectivity index (χ3v) is 4.39. The summed E-state index contributed by atoms with van der Waals surface area (Å²) in [5, 5.41) is 11.5. The average Bonchev–Trinajstić information content (AvgIpc) is 3.25. The van der Waals surface area contributed by atoms with Crippen molar-refractivity contribution in [3.63, 3.8) is 0 Å². The average molecular weight is 309 g/mol. The standard InChI is InChI=1S/C17H19N5O/c1-23-16-12-8-4-5-9-13(12)18-17(20-16)19-15-10-14(21-22-15)11-6-2-3-7-11/h4-5,8-11H,2-3,6-7H2,1H3,(H2,18,19,20,21,22). The highest BCUT2D eigenvalue weighted by molar-refractivity contribution is 5.84. The largest absolute Gasteiger partial charge is 0.480 e. The number of benzene rings is 1. The van der Waals surface area contributed by atoms with Crippen molar-refractivity contribution in [2.75, 3.05) is 12.4 Å². The van der Waals surface area contributed by atoms with Gasteiger partial charge in [-0.1, -0.05) is 25.0 Å². The molecule has 1 saturated carbocycles. The van der Waals surface area contributed by atoms with E-state index in [2.05, 4.69) is 31.5 Å². The van der Waals surface area contributed by atoms with Gasteiger partial charge in [0.2, 0.25) is 11.8 Å². The van der Waals surface area contributed by atoms with Crippen molar-refractivity contribution in [1.82, 2.24) is 20.2 Å². The lowest BCUT2D eigenvalue weighted by atomic mass is 10.0. The van der Waals surface area contributed by atoms with Gasteiger partial charge < -0.3 is 10.1 Å². The molecule has 1 aromatic carbocycles. The number of ether oxygens (including phenoxy) is 1. The van der Waals surface area contributed by atoms with Crippen LogP contribution in [0.1, 0.15) is 37.3 Å². The number of anilines is 2. The van der Waals surface area contributed by atoms with Crippen LogP contribution in [0.4, 0.5) is 11.8 Å². The summed E-state index contributed by atoms with van der Waals surface area (Å²) in [6, 6.07) is 9.85. The number of methoxy groups -OCH3 is 1. The molecule has 2 aromatic heterocycles. The molecule has 1 fully saturated rings. The predicted molar refractivity (Wildman–Crippen MR) is 89.2 cm³/mol. The van der Waals surface area contributed by atoms with Crippen LogP contribution < -0.4 is 10.1 Å². The predicted octanol–water partition coefficient (Wildman–Crippen LogP) is 3.76. The molecule has 0 aliphatic heterocycles. The lowest BCUT2D eigenvalue weighted by Crippen LogP contribution is -2.00. The number of hydrogen-bond acceptors (Lipinski definition) is 5. The molecule has 0 amide bonds. The number of rotatable bonds is 4. The van der Waals surface area contributed by atoms with E-state index in [1.54, 1.807) is 7.11 Å². The van der Waals surface area contributed by atoms with Crippen LogP contribution in [0.2, 0.25) is 0 Å². The van der Waals surface area contributed by atoms with Crippen molar-refractivity contribution in [1.29, 1.82) is 0 Å². The van der Waals surface area contributed by atoms with E-state index in [9.17, 15) is 0 Å². The number of aromatic nitrogens is 4. The van der Waals surface area contributed by atoms with Gasteiger partial charge in [-0.2, -0.15) is 10.1 Å². The first kappa shape index (κ1) is 14.0. The van der Waals surface area contributed by atoms with Crippen LogP contribution in [0.5, 0.6) is 5.88 Å². The summed E-state index contributed by atoms with van der Waals surface area (Å²) >= 11 is 0. The lowest BCUT2D eigenvalue weighted by Gasteiger charge is -2.07. The second-order valence-corrected chi connectivity index (χ2v) is 5.89. The molecule has 23 heavy (non-hydrogen) atoms. The molecule has 0 radical (unpaired) electrons. The van der Waals surface area contributed by atoms with Crippen LogP contribution in [0.3, 0.4) is 0 Å². The van der Waals surface area contributed by atoms with Gasteiger partial charge in [0, 0.05) is 17.7 Å². The fourth-order valence-electron chi connectivity index (χ4n) is 3.22. The molecule has 1 aliphatic carbocycles. The SMILES string of the molecule is COc1nc(Nc2cc(C3CCCC3)[nH]n2)nc2ccccc12. The third kappa shape index (κ3) is 2.72. The molecular weight excluding hydrogens is 290 g/mol. The zero-order chi connectivity index (χ0) is 15.6. The number of para-hydroxylation sites is 1. The summed E-state index contributed by atoms with van der Waals surface area (Å²) in [6.45, 7) is 0. The van der Waals surface area contributed by atoms with Gasteiger partial charge in [-0.3, -0.25) is 5.10 Å². The highest BCUT2D eigenvalue weighted by atomic mass is 16.5. The second-order valence-electron chi connectivity index (χ2n) is 5.89. The monoisotopic (exact) mass is 309 g/mol. The van der Waals surface area contributed by atoms with Gasteiger partial charge in [-0.05, 0) is 25.0 Å². The Bertz CT molecular complexity index is 823. The molecule has 0 atom stereocenters. The molecule has 2 N–H and O–H groups in total. The Hall–Kier alpha value is -2.63. The Morgan fingerprint density at radius 1 is 1.17 bits per heavy atom. The number of nitrogens with zero attached hydrogens (tertiary/aromatic N) is 3. The highest BCUT2D eigenvalue weighted by Crippen LogP contribution is 2.34. The smallest absolute Gasteiger partial charge is 0.232 e. The normalized spacial score (nSPS) is 15.2. The van der Waals surface area contributed by atoms with Crippen LogP contribution >= 0.6 is 0 Å². The molecule has 0 saturated heterocycles. The maximum absolute atomic E-state index is 5.37. The van der Waals surface area contributed by atoms with Crippen LogP contribution in [0.25, 0.3) is 10.9 Å². The van der Waals surface area contributed by atoms with E-state index < -0.39 is 0 Å². The Balaban J connectivity index is 1.62. The van der Waals surface area contributed by atoms with Gasteiger partial charge in [-0.15, -0.1) is 0 Å². The molecule has 6 nitrogen and oxygen atoms in total. The summed E-state index contributed by atoms with van der Waals surface area (Å²) < 4.78 is 5.37. The summed E-state index contributed by atoms with van der Waals surface area (Å²) in [4.78, 5) is 8.95. The summed E-state index contributed by atoms with van der Waals surface area (Å²) in [5.74, 6) is 2.39. The molecule has 2 heterocycles. The molecule has 0 unspecified atom stereocenters. The fraction of sp³-hybridized carbons (Fsp3) is 0.353. The Kier molecular flexibility index (Phi) is 3.57. The minimum absolute atomic E-state index is 0.491. The van der Waals surface area contributed by atoms with Crippen molar-refractivity contribution >= 4 is 22.7 Å². The molecule has 1 aliphatic rings. The van der Waals surface area contributed by atoms with E-state index in [0.29, 0.717) is 17.7 Å². The van der Waals surface area contributed by atoms with Crippen molar-refractivity contribution in [3.05, 3.63) is 36.0 Å². The first-order valence-electron chi connectivity index (χ1n) is 7.96. The number of nitrogens with one attached hydrogen (secondary N) is 2. The lowest BCUT2D eigenvalue weighted by molar-refractivity contribution is 0.403. The van der Waals surface area contributed by atoms with E-state index >= 15 is 0 Å². The Morgan fingerprint density at radius 2 is 2.00 bits per heavy atom. The zero-order valence-electron chi connectivity index (χ0n) is 13.0. The van der Waals surface area contributed by atoms with Crippen molar-refractivity contribution in [2.45, 2.75) is 31.6 Å². The maximum Gasteiger partial charge on any atom is 0.232 e. The van der Waals surface area contributed by atoms with Gasteiger partial charge in [0.05, 0.1) is 18.0 Å². The van der Waals surface area contributed by atoms with Crippen molar-refractivity contribution in [3.8, 4) is 5.88 Å². The summed E-state index contributed by atoms with van der Waals surface area (Å²) in [5.41, 5.74) is 2.03. The van der Waals surface area contributed by atoms with Gasteiger partial charge in [-0.25, -0.2) is 4.98 Å². The van der Waals surface area contributed by atoms with Gasteiger partial charge in [0.15, 0.2) is 5.82 Å². The molecule has 3 aromatic rings. The Labute approximate surface area is 134 Å². The summed E-state index contributed by atoms with van der Waals surface area (Å²) in [6.07, 6.45) is 5.08. The maximum atomic E-state index is 5.37. The molecule has 118 valence electrons. The van der Waals surface area contributed by atoms with E-state index in [1.807, 2.05) is 24.3 Å². The zero-order valence-corrected chi connectivity index (χ0v) is 13.0. The number of fused-ring (bicyclic) bond motifs is 1. The third-order valence-electron chi connectivity index (χ3n) is 4.39. The van der Waals surface area contributed by atoms with Gasteiger partial charge in [0.25, 0.3) is 0 Å². The Morgan fingerprint density at radius 3 is 2.83 bits per heavy atom. The molecule has 4 rings (SSSR count). The number of H-pyrrole nitrogens is 1. The first-order valence-corrected chi connectivity index (χ1v) is 7.96. The van der Waals surface area contributed by atoms with Crippen molar-refractivity contribution in [2.24, 2.45) is 0 Å². The van der Waals surface area contributed by atoms with Crippen LogP contribution in [0, 0.1) is 0 Å². The number of aromatic amines is 1. The quantitative estimate of drug-likeness (QED) is 0.767. The minimum Gasteiger partial charge on any atom is -0.480 e. The first-order chi connectivity index (χ1) is 11.3. The second kappa shape index (κ2) is 5.87. The van der Waals surface area contributed by atoms with Gasteiger partial charge in [0.1, 0.15) is 0 Å². The van der Waals surface area contributed by atoms with Crippen LogP contribution in [-0.4, -0.2) is 27.3 Å². The molecule has 6 heteroatoms. The fourth-order valence-corrected chi connectivity index (χ4v) is 3.22. The van der Waals surface area contributed by atoms with Crippen LogP contribution in [-0.2, 0) is 0 Å². The topological polar surface area (TPSA) is 75.7 Å². The highest BCUT2D eigenvalue weighted by Gasteiger charge is 2.19.